The second kappa shape index (κ2) is 8.15. The highest BCUT2D eigenvalue weighted by atomic mass is 32.2. The Morgan fingerprint density at radius 2 is 1.69 bits per heavy atom. The monoisotopic (exact) mass is 461 g/mol. The molecule has 1 fully saturated rings. The number of benzene rings is 3. The molecule has 3 aromatic rings. The summed E-state index contributed by atoms with van der Waals surface area (Å²) < 4.78 is 13.6. The van der Waals surface area contributed by atoms with E-state index < -0.39 is 0 Å². The van der Waals surface area contributed by atoms with Crippen molar-refractivity contribution in [1.29, 1.82) is 0 Å². The summed E-state index contributed by atoms with van der Waals surface area (Å²) in [4.78, 5) is 23.8. The highest BCUT2D eigenvalue weighted by molar-refractivity contribution is 8.20. The summed E-state index contributed by atoms with van der Waals surface area (Å²) in [5.74, 6) is -0.506. The number of carbonyl (C=O) groups excluding carboxylic acids is 1. The molecule has 7 heteroatoms. The molecule has 0 saturated carbocycles. The quantitative estimate of drug-likeness (QED) is 0.402. The second-order valence-electron chi connectivity index (χ2n) is 7.67. The zero-order chi connectivity index (χ0) is 22.4. The van der Waals surface area contributed by atoms with Gasteiger partial charge in [-0.05, 0) is 73.6 Å². The fourth-order valence-corrected chi connectivity index (χ4v) is 6.07. The number of aryl methyl sites for hydroxylation is 2. The molecule has 0 spiro atoms. The largest absolute Gasteiger partial charge is 0.337 e. The van der Waals surface area contributed by atoms with Gasteiger partial charge in [0, 0.05) is 11.9 Å². The minimum absolute atomic E-state index is 0.160. The van der Waals surface area contributed by atoms with E-state index in [0.717, 1.165) is 32.4 Å². The molecule has 1 amide bonds. The lowest BCUT2D eigenvalue weighted by atomic mass is 10.1. The van der Waals surface area contributed by atoms with Crippen LogP contribution in [0.2, 0.25) is 0 Å². The van der Waals surface area contributed by atoms with Gasteiger partial charge in [-0.2, -0.15) is 0 Å². The van der Waals surface area contributed by atoms with E-state index in [1.807, 2.05) is 56.1 Å². The number of thioether (sulfide) groups is 2. The van der Waals surface area contributed by atoms with Crippen LogP contribution in [-0.2, 0) is 4.79 Å². The first-order valence-corrected chi connectivity index (χ1v) is 11.7. The van der Waals surface area contributed by atoms with Gasteiger partial charge in [0.25, 0.3) is 5.91 Å². The predicted molar refractivity (Wildman–Crippen MR) is 132 cm³/mol. The molecule has 5 rings (SSSR count). The standard InChI is InChI=1S/C25H20FN3OS2/c1-15-8-13-19(16(2)14-15)27-25-29(18-11-9-17(26)10-12-18)23(30)22(32-25)24-28(3)20-6-4-5-7-21(20)31-24/h4-14H,1-3H3. The molecule has 2 heterocycles. The lowest BCUT2D eigenvalue weighted by molar-refractivity contribution is -0.113. The molecule has 0 bridgehead atoms. The van der Waals surface area contributed by atoms with Crippen LogP contribution in [-0.4, -0.2) is 18.1 Å². The molecule has 0 aliphatic carbocycles. The van der Waals surface area contributed by atoms with E-state index in [1.54, 1.807) is 28.8 Å². The third kappa shape index (κ3) is 3.61. The van der Waals surface area contributed by atoms with Crippen LogP contribution in [0.25, 0.3) is 0 Å². The van der Waals surface area contributed by atoms with Gasteiger partial charge in [-0.25, -0.2) is 9.38 Å². The van der Waals surface area contributed by atoms with E-state index in [0.29, 0.717) is 15.8 Å². The first-order chi connectivity index (χ1) is 15.4. The number of nitrogens with zero attached hydrogens (tertiary/aromatic N) is 3. The van der Waals surface area contributed by atoms with Gasteiger partial charge in [0.2, 0.25) is 0 Å². The van der Waals surface area contributed by atoms with Crippen molar-refractivity contribution in [2.24, 2.45) is 4.99 Å². The van der Waals surface area contributed by atoms with E-state index in [4.69, 9.17) is 4.99 Å². The summed E-state index contributed by atoms with van der Waals surface area (Å²) in [5.41, 5.74) is 4.65. The average molecular weight is 462 g/mol. The van der Waals surface area contributed by atoms with E-state index in [1.165, 1.54) is 23.9 Å². The minimum atomic E-state index is -0.346. The van der Waals surface area contributed by atoms with Gasteiger partial charge in [0.15, 0.2) is 5.17 Å². The van der Waals surface area contributed by atoms with Crippen molar-refractivity contribution in [3.05, 3.63) is 93.6 Å². The van der Waals surface area contributed by atoms with Crippen LogP contribution < -0.4 is 9.80 Å². The van der Waals surface area contributed by atoms with Crippen molar-refractivity contribution in [1.82, 2.24) is 0 Å². The number of para-hydroxylation sites is 1. The van der Waals surface area contributed by atoms with Crippen LogP contribution in [0.4, 0.5) is 21.5 Å². The Kier molecular flexibility index (Phi) is 5.31. The number of hydrogen-bond donors (Lipinski definition) is 0. The molecule has 0 N–H and O–H groups in total. The SMILES string of the molecule is Cc1ccc(N=C2SC(=C3Sc4ccccc4N3C)C(=O)N2c2ccc(F)cc2)c(C)c1. The number of amides is 1. The molecule has 1 saturated heterocycles. The maximum atomic E-state index is 13.6. The van der Waals surface area contributed by atoms with Crippen LogP contribution in [0.15, 0.2) is 86.6 Å². The number of amidine groups is 1. The highest BCUT2D eigenvalue weighted by Gasteiger charge is 2.40. The van der Waals surface area contributed by atoms with Gasteiger partial charge in [-0.3, -0.25) is 9.69 Å². The topological polar surface area (TPSA) is 35.9 Å². The lowest BCUT2D eigenvalue weighted by Crippen LogP contribution is -2.29. The van der Waals surface area contributed by atoms with Gasteiger partial charge in [0.05, 0.1) is 22.1 Å². The number of halogens is 1. The third-order valence-electron chi connectivity index (χ3n) is 5.37. The molecule has 0 unspecified atom stereocenters. The number of aliphatic imine (C=N–C) groups is 1. The molecular weight excluding hydrogens is 441 g/mol. The molecule has 2 aliphatic heterocycles. The predicted octanol–water partition coefficient (Wildman–Crippen LogP) is 6.62. The Morgan fingerprint density at radius 3 is 2.41 bits per heavy atom. The third-order valence-corrected chi connectivity index (χ3v) is 7.76. The molecular formula is C25H20FN3OS2. The number of hydrogen-bond acceptors (Lipinski definition) is 5. The van der Waals surface area contributed by atoms with Gasteiger partial charge in [-0.15, -0.1) is 0 Å². The smallest absolute Gasteiger partial charge is 0.274 e. The van der Waals surface area contributed by atoms with Crippen molar-refractivity contribution in [2.75, 3.05) is 16.8 Å². The first kappa shape index (κ1) is 20.8. The Balaban J connectivity index is 1.63. The van der Waals surface area contributed by atoms with Crippen molar-refractivity contribution < 1.29 is 9.18 Å². The molecule has 4 nitrogen and oxygen atoms in total. The van der Waals surface area contributed by atoms with E-state index in [2.05, 4.69) is 12.1 Å². The van der Waals surface area contributed by atoms with E-state index >= 15 is 0 Å². The van der Waals surface area contributed by atoms with Gasteiger partial charge >= 0.3 is 0 Å². The Labute approximate surface area is 194 Å². The highest BCUT2D eigenvalue weighted by Crippen LogP contribution is 2.50. The summed E-state index contributed by atoms with van der Waals surface area (Å²) in [5, 5.41) is 1.43. The summed E-state index contributed by atoms with van der Waals surface area (Å²) >= 11 is 2.94. The van der Waals surface area contributed by atoms with Crippen molar-refractivity contribution in [3.8, 4) is 0 Å². The summed E-state index contributed by atoms with van der Waals surface area (Å²) in [6.45, 7) is 4.04. The number of rotatable bonds is 2. The second-order valence-corrected chi connectivity index (χ2v) is 9.67. The number of anilines is 2. The van der Waals surface area contributed by atoms with Gasteiger partial charge in [-0.1, -0.05) is 41.6 Å². The molecule has 3 aromatic carbocycles. The summed E-state index contributed by atoms with van der Waals surface area (Å²) in [6.07, 6.45) is 0. The molecule has 32 heavy (non-hydrogen) atoms. The minimum Gasteiger partial charge on any atom is -0.337 e. The normalized spacial score (nSPS) is 19.2. The molecule has 0 atom stereocenters. The van der Waals surface area contributed by atoms with Crippen LogP contribution in [0, 0.1) is 19.7 Å². The Hall–Kier alpha value is -3.03. The number of fused-ring (bicyclic) bond motifs is 1. The average Bonchev–Trinajstić information content (AvgIpc) is 3.27. The van der Waals surface area contributed by atoms with Crippen LogP contribution in [0.1, 0.15) is 11.1 Å². The van der Waals surface area contributed by atoms with E-state index in [9.17, 15) is 9.18 Å². The Bertz CT molecular complexity index is 1300. The molecule has 0 aromatic heterocycles. The fraction of sp³-hybridized carbons (Fsp3) is 0.120. The number of carbonyl (C=O) groups is 1. The maximum absolute atomic E-state index is 13.6. The van der Waals surface area contributed by atoms with Crippen molar-refractivity contribution in [2.45, 2.75) is 18.7 Å². The van der Waals surface area contributed by atoms with Crippen LogP contribution in [0.5, 0.6) is 0 Å². The van der Waals surface area contributed by atoms with Gasteiger partial charge < -0.3 is 4.90 Å². The fourth-order valence-electron chi connectivity index (χ4n) is 3.73. The molecule has 2 aliphatic rings. The van der Waals surface area contributed by atoms with Crippen LogP contribution in [0.3, 0.4) is 0 Å². The molecule has 160 valence electrons. The van der Waals surface area contributed by atoms with E-state index in [-0.39, 0.29) is 11.7 Å². The van der Waals surface area contributed by atoms with Gasteiger partial charge in [0.1, 0.15) is 10.7 Å². The lowest BCUT2D eigenvalue weighted by Gasteiger charge is -2.17. The van der Waals surface area contributed by atoms with Crippen LogP contribution >= 0.6 is 23.5 Å². The summed E-state index contributed by atoms with van der Waals surface area (Å²) in [6, 6.07) is 20.1. The Morgan fingerprint density at radius 1 is 0.938 bits per heavy atom. The van der Waals surface area contributed by atoms with Crippen molar-refractivity contribution >= 4 is 51.7 Å². The zero-order valence-corrected chi connectivity index (χ0v) is 19.4. The molecule has 0 radical (unpaired) electrons. The zero-order valence-electron chi connectivity index (χ0n) is 17.8. The first-order valence-electron chi connectivity index (χ1n) is 10.1. The van der Waals surface area contributed by atoms with Crippen molar-refractivity contribution in [3.63, 3.8) is 0 Å². The maximum Gasteiger partial charge on any atom is 0.274 e. The summed E-state index contributed by atoms with van der Waals surface area (Å²) in [7, 11) is 1.97.